The molecule has 0 aliphatic heterocycles. The van der Waals surface area contributed by atoms with Gasteiger partial charge in [0, 0.05) is 6.92 Å². The molecule has 0 radical (unpaired) electrons. The summed E-state index contributed by atoms with van der Waals surface area (Å²) >= 11 is 0. The molecular formula is C14H15NO3. The Labute approximate surface area is 105 Å². The predicted molar refractivity (Wildman–Crippen MR) is 66.5 cm³/mol. The minimum atomic E-state index is -0.775. The maximum Gasteiger partial charge on any atom is 0.314 e. The second-order valence-corrected chi connectivity index (χ2v) is 4.98. The monoisotopic (exact) mass is 245 g/mol. The molecule has 18 heavy (non-hydrogen) atoms. The van der Waals surface area contributed by atoms with Crippen molar-refractivity contribution in [3.05, 3.63) is 29.7 Å². The van der Waals surface area contributed by atoms with E-state index in [4.69, 9.17) is 4.42 Å². The molecule has 1 aliphatic rings. The fraction of sp³-hybridized carbons (Fsp3) is 0.429. The van der Waals surface area contributed by atoms with Gasteiger partial charge in [0.2, 0.25) is 0 Å². The molecule has 1 heterocycles. The molecule has 94 valence electrons. The van der Waals surface area contributed by atoms with E-state index in [-0.39, 0.29) is 0 Å². The van der Waals surface area contributed by atoms with Crippen LogP contribution in [0.25, 0.3) is 11.1 Å². The highest BCUT2D eigenvalue weighted by atomic mass is 16.4. The van der Waals surface area contributed by atoms with E-state index in [0.29, 0.717) is 29.8 Å². The van der Waals surface area contributed by atoms with Crippen LogP contribution in [-0.2, 0) is 10.2 Å². The number of benzene rings is 1. The van der Waals surface area contributed by atoms with Crippen LogP contribution in [0.1, 0.15) is 37.1 Å². The number of carbonyl (C=O) groups is 1. The molecule has 4 nitrogen and oxygen atoms in total. The Morgan fingerprint density at radius 3 is 2.78 bits per heavy atom. The number of hydrogen-bond donors (Lipinski definition) is 1. The first-order chi connectivity index (χ1) is 8.63. The van der Waals surface area contributed by atoms with Crippen LogP contribution >= 0.6 is 0 Å². The van der Waals surface area contributed by atoms with Gasteiger partial charge in [-0.15, -0.1) is 0 Å². The van der Waals surface area contributed by atoms with Crippen molar-refractivity contribution in [2.75, 3.05) is 0 Å². The standard InChI is InChI=1S/C14H15NO3/c1-9-15-12-10(5-4-6-11(12)18-9)14(13(16)17)7-2-3-8-14/h4-6H,2-3,7-8H2,1H3,(H,16,17). The maximum atomic E-state index is 11.7. The van der Waals surface area contributed by atoms with E-state index in [1.807, 2.05) is 18.2 Å². The number of nitrogens with zero attached hydrogens (tertiary/aromatic N) is 1. The quantitative estimate of drug-likeness (QED) is 0.883. The summed E-state index contributed by atoms with van der Waals surface area (Å²) in [4.78, 5) is 16.1. The number of fused-ring (bicyclic) bond motifs is 1. The molecule has 1 aromatic carbocycles. The zero-order valence-corrected chi connectivity index (χ0v) is 10.3. The van der Waals surface area contributed by atoms with E-state index in [1.165, 1.54) is 0 Å². The number of carboxylic acids is 1. The van der Waals surface area contributed by atoms with E-state index in [9.17, 15) is 9.90 Å². The average molecular weight is 245 g/mol. The fourth-order valence-corrected chi connectivity index (χ4v) is 3.02. The van der Waals surface area contributed by atoms with Crippen molar-refractivity contribution >= 4 is 17.1 Å². The lowest BCUT2D eigenvalue weighted by Crippen LogP contribution is -2.32. The van der Waals surface area contributed by atoms with Gasteiger partial charge in [-0.2, -0.15) is 0 Å². The third-order valence-corrected chi connectivity index (χ3v) is 3.91. The summed E-state index contributed by atoms with van der Waals surface area (Å²) in [5.74, 6) is -0.163. The molecule has 1 aliphatic carbocycles. The molecule has 0 amide bonds. The summed E-state index contributed by atoms with van der Waals surface area (Å²) in [5, 5.41) is 9.63. The van der Waals surface area contributed by atoms with E-state index in [1.54, 1.807) is 6.92 Å². The Kier molecular flexibility index (Phi) is 2.40. The molecule has 2 aromatic rings. The fourth-order valence-electron chi connectivity index (χ4n) is 3.02. The van der Waals surface area contributed by atoms with Gasteiger partial charge >= 0.3 is 5.97 Å². The van der Waals surface area contributed by atoms with E-state index in [0.717, 1.165) is 18.4 Å². The zero-order chi connectivity index (χ0) is 12.8. The van der Waals surface area contributed by atoms with Gasteiger partial charge in [-0.05, 0) is 24.5 Å². The van der Waals surface area contributed by atoms with Gasteiger partial charge in [0.25, 0.3) is 0 Å². The molecule has 4 heteroatoms. The predicted octanol–water partition coefficient (Wildman–Crippen LogP) is 3.03. The second kappa shape index (κ2) is 3.83. The molecule has 1 fully saturated rings. The summed E-state index contributed by atoms with van der Waals surface area (Å²) < 4.78 is 5.49. The van der Waals surface area contributed by atoms with Crippen LogP contribution in [-0.4, -0.2) is 16.1 Å². The largest absolute Gasteiger partial charge is 0.481 e. The van der Waals surface area contributed by atoms with Crippen LogP contribution in [0.3, 0.4) is 0 Å². The van der Waals surface area contributed by atoms with E-state index < -0.39 is 11.4 Å². The maximum absolute atomic E-state index is 11.7. The highest BCUT2D eigenvalue weighted by Crippen LogP contribution is 2.43. The highest BCUT2D eigenvalue weighted by Gasteiger charge is 2.44. The Balaban J connectivity index is 2.26. The SMILES string of the molecule is Cc1nc2c(C3(C(=O)O)CCCC3)cccc2o1. The Morgan fingerprint density at radius 2 is 2.11 bits per heavy atom. The van der Waals surface area contributed by atoms with Crippen molar-refractivity contribution in [1.29, 1.82) is 0 Å². The van der Waals surface area contributed by atoms with Crippen molar-refractivity contribution in [2.45, 2.75) is 38.0 Å². The lowest BCUT2D eigenvalue weighted by atomic mass is 9.78. The second-order valence-electron chi connectivity index (χ2n) is 4.98. The lowest BCUT2D eigenvalue weighted by molar-refractivity contribution is -0.143. The van der Waals surface area contributed by atoms with Crippen molar-refractivity contribution in [2.24, 2.45) is 0 Å². The van der Waals surface area contributed by atoms with Crippen LogP contribution < -0.4 is 0 Å². The number of carboxylic acid groups (broad SMARTS) is 1. The number of aliphatic carboxylic acids is 1. The van der Waals surface area contributed by atoms with Crippen molar-refractivity contribution in [1.82, 2.24) is 4.98 Å². The molecule has 0 bridgehead atoms. The Morgan fingerprint density at radius 1 is 1.39 bits per heavy atom. The summed E-state index contributed by atoms with van der Waals surface area (Å²) in [7, 11) is 0. The normalized spacial score (nSPS) is 18.3. The summed E-state index contributed by atoms with van der Waals surface area (Å²) in [6, 6.07) is 5.57. The molecule has 1 N–H and O–H groups in total. The molecule has 0 atom stereocenters. The van der Waals surface area contributed by atoms with Crippen molar-refractivity contribution < 1.29 is 14.3 Å². The lowest BCUT2D eigenvalue weighted by Gasteiger charge is -2.24. The number of aryl methyl sites for hydroxylation is 1. The number of aromatic nitrogens is 1. The van der Waals surface area contributed by atoms with Gasteiger partial charge < -0.3 is 9.52 Å². The van der Waals surface area contributed by atoms with Crippen LogP contribution in [0.4, 0.5) is 0 Å². The third kappa shape index (κ3) is 1.45. The van der Waals surface area contributed by atoms with Gasteiger partial charge in [-0.1, -0.05) is 25.0 Å². The first kappa shape index (κ1) is 11.3. The Hall–Kier alpha value is -1.84. The van der Waals surface area contributed by atoms with Gasteiger partial charge in [0.05, 0.1) is 5.41 Å². The highest BCUT2D eigenvalue weighted by molar-refractivity contribution is 5.89. The van der Waals surface area contributed by atoms with Crippen LogP contribution in [0, 0.1) is 6.92 Å². The minimum Gasteiger partial charge on any atom is -0.481 e. The summed E-state index contributed by atoms with van der Waals surface area (Å²) in [6.07, 6.45) is 3.29. The van der Waals surface area contributed by atoms with Crippen molar-refractivity contribution in [3.8, 4) is 0 Å². The van der Waals surface area contributed by atoms with Gasteiger partial charge in [-0.25, -0.2) is 4.98 Å². The van der Waals surface area contributed by atoms with Gasteiger partial charge in [0.15, 0.2) is 11.5 Å². The number of oxazole rings is 1. The number of hydrogen-bond acceptors (Lipinski definition) is 3. The summed E-state index contributed by atoms with van der Waals surface area (Å²) in [6.45, 7) is 1.78. The van der Waals surface area contributed by atoms with Crippen LogP contribution in [0.2, 0.25) is 0 Å². The van der Waals surface area contributed by atoms with Crippen LogP contribution in [0.5, 0.6) is 0 Å². The van der Waals surface area contributed by atoms with E-state index >= 15 is 0 Å². The third-order valence-electron chi connectivity index (χ3n) is 3.91. The number of rotatable bonds is 2. The molecular weight excluding hydrogens is 230 g/mol. The first-order valence-electron chi connectivity index (χ1n) is 6.23. The van der Waals surface area contributed by atoms with Gasteiger partial charge in [0.1, 0.15) is 5.52 Å². The van der Waals surface area contributed by atoms with Gasteiger partial charge in [-0.3, -0.25) is 4.79 Å². The molecule has 0 saturated heterocycles. The molecule has 0 spiro atoms. The summed E-state index contributed by atoms with van der Waals surface area (Å²) in [5.41, 5.74) is 1.42. The number of para-hydroxylation sites is 1. The molecule has 1 saturated carbocycles. The molecule has 0 unspecified atom stereocenters. The molecule has 3 rings (SSSR count). The topological polar surface area (TPSA) is 63.3 Å². The molecule has 1 aromatic heterocycles. The van der Waals surface area contributed by atoms with Crippen LogP contribution in [0.15, 0.2) is 22.6 Å². The van der Waals surface area contributed by atoms with E-state index in [2.05, 4.69) is 4.98 Å². The smallest absolute Gasteiger partial charge is 0.314 e. The first-order valence-corrected chi connectivity index (χ1v) is 6.23. The zero-order valence-electron chi connectivity index (χ0n) is 10.3. The minimum absolute atomic E-state index is 0.580. The van der Waals surface area contributed by atoms with Crippen molar-refractivity contribution in [3.63, 3.8) is 0 Å². The Bertz CT molecular complexity index is 609. The average Bonchev–Trinajstić information content (AvgIpc) is 2.93.